The van der Waals surface area contributed by atoms with Gasteiger partial charge in [0.1, 0.15) is 5.82 Å². The number of ether oxygens (including phenoxy) is 1. The SMILES string of the molecule is CCCCc1nc(Cl)c(CC(=O)OC)n1Cc1ccccc1NC(=O)c1ccccc1C(=O)O. The molecular weight excluding hydrogens is 458 g/mol. The van der Waals surface area contributed by atoms with Crippen LogP contribution in [0.15, 0.2) is 48.5 Å². The minimum atomic E-state index is -1.18. The number of amides is 1. The highest BCUT2D eigenvalue weighted by Gasteiger charge is 2.21. The van der Waals surface area contributed by atoms with Crippen LogP contribution < -0.4 is 5.32 Å². The van der Waals surface area contributed by atoms with Crippen LogP contribution in [0, 0.1) is 0 Å². The molecule has 0 bridgehead atoms. The van der Waals surface area contributed by atoms with Gasteiger partial charge in [-0.05, 0) is 30.2 Å². The molecule has 0 fully saturated rings. The number of anilines is 1. The average Bonchev–Trinajstić information content (AvgIpc) is 3.12. The van der Waals surface area contributed by atoms with E-state index in [4.69, 9.17) is 16.3 Å². The van der Waals surface area contributed by atoms with E-state index in [2.05, 4.69) is 17.2 Å². The van der Waals surface area contributed by atoms with E-state index < -0.39 is 17.8 Å². The van der Waals surface area contributed by atoms with Crippen LogP contribution >= 0.6 is 11.6 Å². The Morgan fingerprint density at radius 3 is 2.44 bits per heavy atom. The molecule has 8 nitrogen and oxygen atoms in total. The maximum Gasteiger partial charge on any atom is 0.336 e. The zero-order chi connectivity index (χ0) is 24.7. The molecule has 0 saturated heterocycles. The quantitative estimate of drug-likeness (QED) is 0.408. The zero-order valence-electron chi connectivity index (χ0n) is 19.0. The van der Waals surface area contributed by atoms with E-state index in [1.54, 1.807) is 24.3 Å². The lowest BCUT2D eigenvalue weighted by Crippen LogP contribution is -2.18. The van der Waals surface area contributed by atoms with Crippen molar-refractivity contribution in [3.63, 3.8) is 0 Å². The highest BCUT2D eigenvalue weighted by molar-refractivity contribution is 6.30. The summed E-state index contributed by atoms with van der Waals surface area (Å²) >= 11 is 6.38. The summed E-state index contributed by atoms with van der Waals surface area (Å²) in [4.78, 5) is 40.9. The van der Waals surface area contributed by atoms with Crippen molar-refractivity contribution < 1.29 is 24.2 Å². The molecule has 0 aliphatic rings. The second kappa shape index (κ2) is 11.5. The van der Waals surface area contributed by atoms with Gasteiger partial charge in [-0.3, -0.25) is 9.59 Å². The number of hydrogen-bond donors (Lipinski definition) is 2. The molecule has 0 aliphatic heterocycles. The predicted molar refractivity (Wildman–Crippen MR) is 128 cm³/mol. The van der Waals surface area contributed by atoms with E-state index in [-0.39, 0.29) is 22.7 Å². The van der Waals surface area contributed by atoms with Crippen molar-refractivity contribution in [3.8, 4) is 0 Å². The van der Waals surface area contributed by atoms with Crippen molar-refractivity contribution in [2.75, 3.05) is 12.4 Å². The Labute approximate surface area is 202 Å². The standard InChI is InChI=1S/C25H26ClN3O5/c1-3-4-13-21-28-23(26)20(14-22(30)34-2)29(21)15-16-9-5-8-12-19(16)27-24(31)17-10-6-7-11-18(17)25(32)33/h5-12H,3-4,13-15H2,1-2H3,(H,27,31)(H,32,33). The summed E-state index contributed by atoms with van der Waals surface area (Å²) < 4.78 is 6.70. The van der Waals surface area contributed by atoms with Crippen LogP contribution in [0.1, 0.15) is 57.6 Å². The second-order valence-corrected chi connectivity index (χ2v) is 8.03. The number of carbonyl (C=O) groups is 3. The van der Waals surface area contributed by atoms with Crippen LogP contribution in [0.4, 0.5) is 5.69 Å². The molecule has 0 radical (unpaired) electrons. The summed E-state index contributed by atoms with van der Waals surface area (Å²) in [5.41, 5.74) is 1.79. The molecule has 0 atom stereocenters. The van der Waals surface area contributed by atoms with Crippen molar-refractivity contribution in [3.05, 3.63) is 81.9 Å². The smallest absolute Gasteiger partial charge is 0.336 e. The third-order valence-electron chi connectivity index (χ3n) is 5.39. The Bertz CT molecular complexity index is 1210. The van der Waals surface area contributed by atoms with Crippen molar-refractivity contribution in [1.82, 2.24) is 9.55 Å². The lowest BCUT2D eigenvalue weighted by atomic mass is 10.1. The van der Waals surface area contributed by atoms with Gasteiger partial charge < -0.3 is 19.7 Å². The number of halogens is 1. The maximum absolute atomic E-state index is 12.9. The van der Waals surface area contributed by atoms with Crippen LogP contribution in [-0.2, 0) is 28.9 Å². The number of aromatic nitrogens is 2. The molecule has 3 rings (SSSR count). The monoisotopic (exact) mass is 483 g/mol. The third kappa shape index (κ3) is 5.82. The van der Waals surface area contributed by atoms with Crippen LogP contribution in [-0.4, -0.2) is 39.6 Å². The van der Waals surface area contributed by atoms with E-state index in [1.807, 2.05) is 16.7 Å². The van der Waals surface area contributed by atoms with Gasteiger partial charge in [-0.15, -0.1) is 0 Å². The molecule has 0 spiro atoms. The van der Waals surface area contributed by atoms with Crippen LogP contribution in [0.3, 0.4) is 0 Å². The van der Waals surface area contributed by atoms with Crippen molar-refractivity contribution in [2.45, 2.75) is 39.2 Å². The van der Waals surface area contributed by atoms with Crippen LogP contribution in [0.2, 0.25) is 5.15 Å². The number of carboxylic acids is 1. The molecule has 178 valence electrons. The number of aromatic carboxylic acids is 1. The number of para-hydroxylation sites is 1. The molecular formula is C25H26ClN3O5. The van der Waals surface area contributed by atoms with Gasteiger partial charge >= 0.3 is 11.9 Å². The Morgan fingerprint density at radius 1 is 1.09 bits per heavy atom. The second-order valence-electron chi connectivity index (χ2n) is 7.67. The first-order valence-corrected chi connectivity index (χ1v) is 11.3. The largest absolute Gasteiger partial charge is 0.478 e. The summed E-state index contributed by atoms with van der Waals surface area (Å²) in [6, 6.07) is 13.2. The first-order valence-electron chi connectivity index (χ1n) is 10.9. The van der Waals surface area contributed by atoms with Crippen molar-refractivity contribution in [2.24, 2.45) is 0 Å². The van der Waals surface area contributed by atoms with Gasteiger partial charge in [-0.25, -0.2) is 9.78 Å². The Morgan fingerprint density at radius 2 is 1.76 bits per heavy atom. The number of nitrogens with one attached hydrogen (secondary N) is 1. The average molecular weight is 484 g/mol. The Balaban J connectivity index is 1.96. The van der Waals surface area contributed by atoms with E-state index in [0.29, 0.717) is 24.3 Å². The fraction of sp³-hybridized carbons (Fsp3) is 0.280. The number of benzene rings is 2. The zero-order valence-corrected chi connectivity index (χ0v) is 19.8. The number of carboxylic acid groups (broad SMARTS) is 1. The van der Waals surface area contributed by atoms with Gasteiger partial charge in [0.15, 0.2) is 5.15 Å². The van der Waals surface area contributed by atoms with Gasteiger partial charge in [0.2, 0.25) is 0 Å². The molecule has 1 aromatic heterocycles. The summed E-state index contributed by atoms with van der Waals surface area (Å²) in [6.07, 6.45) is 2.51. The molecule has 9 heteroatoms. The van der Waals surface area contributed by atoms with Crippen LogP contribution in [0.5, 0.6) is 0 Å². The minimum Gasteiger partial charge on any atom is -0.478 e. The number of rotatable bonds is 10. The van der Waals surface area contributed by atoms with Gasteiger partial charge in [0, 0.05) is 12.1 Å². The number of nitrogens with zero attached hydrogens (tertiary/aromatic N) is 2. The normalized spacial score (nSPS) is 10.7. The summed E-state index contributed by atoms with van der Waals surface area (Å²) in [7, 11) is 1.31. The number of unbranched alkanes of at least 4 members (excludes halogenated alkanes) is 1. The van der Waals surface area contributed by atoms with Gasteiger partial charge in [-0.1, -0.05) is 55.3 Å². The number of carbonyl (C=O) groups excluding carboxylic acids is 2. The Kier molecular flexibility index (Phi) is 8.43. The molecule has 0 unspecified atom stereocenters. The molecule has 0 saturated carbocycles. The van der Waals surface area contributed by atoms with E-state index in [1.165, 1.54) is 19.2 Å². The molecule has 34 heavy (non-hydrogen) atoms. The summed E-state index contributed by atoms with van der Waals surface area (Å²) in [5.74, 6) is -1.41. The maximum atomic E-state index is 12.9. The lowest BCUT2D eigenvalue weighted by molar-refractivity contribution is -0.139. The van der Waals surface area contributed by atoms with Gasteiger partial charge in [0.25, 0.3) is 5.91 Å². The highest BCUT2D eigenvalue weighted by Crippen LogP contribution is 2.25. The molecule has 2 N–H and O–H groups in total. The number of hydrogen-bond acceptors (Lipinski definition) is 5. The van der Waals surface area contributed by atoms with E-state index >= 15 is 0 Å². The van der Waals surface area contributed by atoms with Crippen LogP contribution in [0.25, 0.3) is 0 Å². The first-order chi connectivity index (χ1) is 16.3. The number of methoxy groups -OCH3 is 1. The topological polar surface area (TPSA) is 111 Å². The van der Waals surface area contributed by atoms with Gasteiger partial charge in [-0.2, -0.15) is 0 Å². The predicted octanol–water partition coefficient (Wildman–Crippen LogP) is 4.59. The Hall–Kier alpha value is -3.65. The molecule has 0 aliphatic carbocycles. The van der Waals surface area contributed by atoms with Crippen molar-refractivity contribution in [1.29, 1.82) is 0 Å². The van der Waals surface area contributed by atoms with Crippen molar-refractivity contribution >= 4 is 35.1 Å². The summed E-state index contributed by atoms with van der Waals surface area (Å²) in [6.45, 7) is 2.38. The molecule has 1 amide bonds. The third-order valence-corrected chi connectivity index (χ3v) is 5.69. The molecule has 2 aromatic carbocycles. The van der Waals surface area contributed by atoms with Gasteiger partial charge in [0.05, 0.1) is 36.9 Å². The first kappa shape index (κ1) is 25.0. The number of imidazole rings is 1. The van der Waals surface area contributed by atoms with E-state index in [0.717, 1.165) is 24.2 Å². The molecule has 3 aromatic rings. The molecule has 1 heterocycles. The lowest BCUT2D eigenvalue weighted by Gasteiger charge is -2.16. The fourth-order valence-electron chi connectivity index (χ4n) is 3.60. The van der Waals surface area contributed by atoms with E-state index in [9.17, 15) is 19.5 Å². The summed E-state index contributed by atoms with van der Waals surface area (Å²) in [5, 5.41) is 12.5. The number of esters is 1. The number of aryl methyl sites for hydroxylation is 1. The minimum absolute atomic E-state index is 0.0328. The highest BCUT2D eigenvalue weighted by atomic mass is 35.5. The fourth-order valence-corrected chi connectivity index (χ4v) is 3.87.